The fourth-order valence-corrected chi connectivity index (χ4v) is 2.75. The molecule has 0 bridgehead atoms. The number of hydrogen-bond acceptors (Lipinski definition) is 3. The van der Waals surface area contributed by atoms with Crippen LogP contribution in [0.5, 0.6) is 0 Å². The number of rotatable bonds is 3. The van der Waals surface area contributed by atoms with Gasteiger partial charge in [0.15, 0.2) is 0 Å². The minimum absolute atomic E-state index is 0.0470. The molecule has 1 aromatic carbocycles. The number of urea groups is 1. The lowest BCUT2D eigenvalue weighted by atomic mass is 9.91. The van der Waals surface area contributed by atoms with Gasteiger partial charge >= 0.3 is 12.0 Å². The topological polar surface area (TPSA) is 93.4 Å². The monoisotopic (exact) mass is 319 g/mol. The lowest BCUT2D eigenvalue weighted by Crippen LogP contribution is -2.49. The molecule has 0 aromatic heterocycles. The van der Waals surface area contributed by atoms with Gasteiger partial charge in [-0.2, -0.15) is 5.26 Å². The molecule has 1 saturated heterocycles. The smallest absolute Gasteiger partial charge is 0.317 e. The molecule has 1 heterocycles. The number of hydrogen-bond donors (Lipinski definition) is 2. The van der Waals surface area contributed by atoms with Crippen LogP contribution in [0.3, 0.4) is 0 Å². The summed E-state index contributed by atoms with van der Waals surface area (Å²) in [5.41, 5.74) is 0.490. The summed E-state index contributed by atoms with van der Waals surface area (Å²) in [5, 5.41) is 20.5. The molecule has 1 aromatic rings. The van der Waals surface area contributed by atoms with Gasteiger partial charge in [0.2, 0.25) is 0 Å². The lowest BCUT2D eigenvalue weighted by molar-refractivity contribution is -0.143. The van der Waals surface area contributed by atoms with Crippen molar-refractivity contribution in [2.45, 2.75) is 19.9 Å². The van der Waals surface area contributed by atoms with E-state index < -0.39 is 17.7 Å². The molecule has 122 valence electrons. The van der Waals surface area contributed by atoms with Crippen LogP contribution in [-0.2, 0) is 11.3 Å². The highest BCUT2D eigenvalue weighted by atomic mass is 19.1. The molecule has 0 spiro atoms. The predicted molar refractivity (Wildman–Crippen MR) is 79.8 cm³/mol. The van der Waals surface area contributed by atoms with E-state index in [4.69, 9.17) is 10.4 Å². The number of nitriles is 1. The fraction of sp³-hybridized carbons (Fsp3) is 0.438. The minimum Gasteiger partial charge on any atom is -0.481 e. The van der Waals surface area contributed by atoms with E-state index >= 15 is 0 Å². The van der Waals surface area contributed by atoms with Gasteiger partial charge in [-0.3, -0.25) is 4.79 Å². The van der Waals surface area contributed by atoms with Crippen molar-refractivity contribution in [1.82, 2.24) is 10.2 Å². The molecule has 2 rings (SSSR count). The quantitative estimate of drug-likeness (QED) is 0.890. The molecule has 23 heavy (non-hydrogen) atoms. The van der Waals surface area contributed by atoms with E-state index in [1.165, 1.54) is 17.0 Å². The van der Waals surface area contributed by atoms with Crippen molar-refractivity contribution in [1.29, 1.82) is 5.26 Å². The molecule has 6 nitrogen and oxygen atoms in total. The average molecular weight is 319 g/mol. The number of piperidine rings is 1. The number of likely N-dealkylation sites (tertiary alicyclic amines) is 1. The normalized spacial score (nSPS) is 20.7. The van der Waals surface area contributed by atoms with Gasteiger partial charge in [-0.05, 0) is 30.0 Å². The van der Waals surface area contributed by atoms with E-state index in [0.29, 0.717) is 18.5 Å². The Labute approximate surface area is 133 Å². The number of aliphatic carboxylic acids is 1. The Balaban J connectivity index is 1.95. The Bertz CT molecular complexity index is 656. The van der Waals surface area contributed by atoms with Gasteiger partial charge in [-0.25, -0.2) is 9.18 Å². The molecule has 7 heteroatoms. The Hall–Kier alpha value is -2.62. The maximum Gasteiger partial charge on any atom is 0.317 e. The van der Waals surface area contributed by atoms with E-state index in [1.807, 2.05) is 6.92 Å². The Morgan fingerprint density at radius 2 is 2.22 bits per heavy atom. The first-order valence-corrected chi connectivity index (χ1v) is 7.34. The number of carboxylic acid groups (broad SMARTS) is 1. The van der Waals surface area contributed by atoms with Gasteiger partial charge in [0.1, 0.15) is 11.9 Å². The van der Waals surface area contributed by atoms with Gasteiger partial charge in [0.25, 0.3) is 0 Å². The SMILES string of the molecule is CC1CC(C(=O)O)CN(C(=O)NCc2ccc(C#N)c(F)c2)C1. The number of halogens is 1. The third kappa shape index (κ3) is 4.19. The number of nitrogens with zero attached hydrogens (tertiary/aromatic N) is 2. The molecule has 2 unspecified atom stereocenters. The summed E-state index contributed by atoms with van der Waals surface area (Å²) in [5.74, 6) is -1.97. The van der Waals surface area contributed by atoms with Crippen LogP contribution in [0.15, 0.2) is 18.2 Å². The standard InChI is InChI=1S/C16H18FN3O3/c1-10-4-13(15(21)22)9-20(8-10)16(23)19-7-11-2-3-12(6-18)14(17)5-11/h2-3,5,10,13H,4,7-9H2,1H3,(H,19,23)(H,21,22). The van der Waals surface area contributed by atoms with E-state index in [9.17, 15) is 14.0 Å². The first kappa shape index (κ1) is 16.7. The van der Waals surface area contributed by atoms with Crippen LogP contribution in [0.2, 0.25) is 0 Å². The van der Waals surface area contributed by atoms with Crippen molar-refractivity contribution in [2.24, 2.45) is 11.8 Å². The number of nitrogens with one attached hydrogen (secondary N) is 1. The Morgan fingerprint density at radius 3 is 2.83 bits per heavy atom. The number of benzene rings is 1. The molecular formula is C16H18FN3O3. The van der Waals surface area contributed by atoms with Gasteiger partial charge in [0.05, 0.1) is 11.5 Å². The second-order valence-electron chi connectivity index (χ2n) is 5.87. The zero-order valence-electron chi connectivity index (χ0n) is 12.8. The zero-order chi connectivity index (χ0) is 17.0. The number of amides is 2. The second kappa shape index (κ2) is 7.09. The van der Waals surface area contributed by atoms with E-state index in [2.05, 4.69) is 5.32 Å². The van der Waals surface area contributed by atoms with Crippen molar-refractivity contribution in [3.8, 4) is 6.07 Å². The average Bonchev–Trinajstić information content (AvgIpc) is 2.52. The van der Waals surface area contributed by atoms with Crippen LogP contribution >= 0.6 is 0 Å². The largest absolute Gasteiger partial charge is 0.481 e. The van der Waals surface area contributed by atoms with Gasteiger partial charge in [-0.1, -0.05) is 13.0 Å². The maximum absolute atomic E-state index is 13.5. The molecule has 2 atom stereocenters. The number of carboxylic acids is 1. The van der Waals surface area contributed by atoms with E-state index in [-0.39, 0.29) is 30.6 Å². The predicted octanol–water partition coefficient (Wildman–Crippen LogP) is 1.95. The summed E-state index contributed by atoms with van der Waals surface area (Å²) in [6, 6.07) is 5.50. The first-order valence-electron chi connectivity index (χ1n) is 7.34. The number of carbonyl (C=O) groups is 2. The van der Waals surface area contributed by atoms with Crippen LogP contribution in [0.1, 0.15) is 24.5 Å². The van der Waals surface area contributed by atoms with Crippen molar-refractivity contribution < 1.29 is 19.1 Å². The third-order valence-corrected chi connectivity index (χ3v) is 3.89. The van der Waals surface area contributed by atoms with Crippen molar-refractivity contribution in [3.05, 3.63) is 35.1 Å². The minimum atomic E-state index is -0.900. The van der Waals surface area contributed by atoms with Crippen LogP contribution < -0.4 is 5.32 Å². The van der Waals surface area contributed by atoms with Crippen LogP contribution in [0.25, 0.3) is 0 Å². The number of carbonyl (C=O) groups excluding carboxylic acids is 1. The van der Waals surface area contributed by atoms with Crippen LogP contribution in [0.4, 0.5) is 9.18 Å². The lowest BCUT2D eigenvalue weighted by Gasteiger charge is -2.34. The highest BCUT2D eigenvalue weighted by Crippen LogP contribution is 2.21. The third-order valence-electron chi connectivity index (χ3n) is 3.89. The van der Waals surface area contributed by atoms with Crippen LogP contribution in [-0.4, -0.2) is 35.1 Å². The first-order chi connectivity index (χ1) is 10.9. The molecule has 1 aliphatic heterocycles. The Kier molecular flexibility index (Phi) is 5.16. The Morgan fingerprint density at radius 1 is 1.48 bits per heavy atom. The van der Waals surface area contributed by atoms with E-state index in [1.54, 1.807) is 12.1 Å². The molecular weight excluding hydrogens is 301 g/mol. The summed E-state index contributed by atoms with van der Waals surface area (Å²) in [4.78, 5) is 24.8. The summed E-state index contributed by atoms with van der Waals surface area (Å²) in [6.07, 6.45) is 0.556. The van der Waals surface area contributed by atoms with Crippen molar-refractivity contribution in [3.63, 3.8) is 0 Å². The van der Waals surface area contributed by atoms with Gasteiger partial charge in [-0.15, -0.1) is 0 Å². The van der Waals surface area contributed by atoms with Crippen molar-refractivity contribution in [2.75, 3.05) is 13.1 Å². The molecule has 0 aliphatic carbocycles. The summed E-state index contributed by atoms with van der Waals surface area (Å²) in [6.45, 7) is 2.69. The molecule has 1 fully saturated rings. The fourth-order valence-electron chi connectivity index (χ4n) is 2.75. The second-order valence-corrected chi connectivity index (χ2v) is 5.87. The van der Waals surface area contributed by atoms with Crippen LogP contribution in [0, 0.1) is 29.0 Å². The van der Waals surface area contributed by atoms with Crippen molar-refractivity contribution >= 4 is 12.0 Å². The summed E-state index contributed by atoms with van der Waals surface area (Å²) >= 11 is 0. The summed E-state index contributed by atoms with van der Waals surface area (Å²) < 4.78 is 13.5. The molecule has 2 amide bonds. The molecule has 0 radical (unpaired) electrons. The molecule has 1 aliphatic rings. The zero-order valence-corrected chi connectivity index (χ0v) is 12.8. The summed E-state index contributed by atoms with van der Waals surface area (Å²) in [7, 11) is 0. The molecule has 0 saturated carbocycles. The highest BCUT2D eigenvalue weighted by Gasteiger charge is 2.31. The maximum atomic E-state index is 13.5. The van der Waals surface area contributed by atoms with Gasteiger partial charge in [0, 0.05) is 19.6 Å². The van der Waals surface area contributed by atoms with E-state index in [0.717, 1.165) is 0 Å². The molecule has 2 N–H and O–H groups in total. The van der Waals surface area contributed by atoms with Gasteiger partial charge < -0.3 is 15.3 Å². The highest BCUT2D eigenvalue weighted by molar-refractivity contribution is 5.76.